The number of amidine groups is 1. The van der Waals surface area contributed by atoms with Crippen LogP contribution in [0.2, 0.25) is 0 Å². The number of carbonyl (C=O) groups is 1. The number of nitrogens with two attached hydrogens (primary N) is 2. The zero-order chi connectivity index (χ0) is 28.9. The van der Waals surface area contributed by atoms with E-state index in [-0.39, 0.29) is 34.6 Å². The maximum Gasteiger partial charge on any atom is 0.324 e. The van der Waals surface area contributed by atoms with E-state index in [0.29, 0.717) is 0 Å². The Hall–Kier alpha value is -4.02. The van der Waals surface area contributed by atoms with E-state index in [4.69, 9.17) is 31.2 Å². The zero-order valence-corrected chi connectivity index (χ0v) is 20.3. The molecular formula is C20H25N10O10+. The number of rotatable bonds is 4. The average Bonchev–Trinajstić information content (AvgIpc) is 3.66. The van der Waals surface area contributed by atoms with Gasteiger partial charge in [-0.3, -0.25) is 19.1 Å². The van der Waals surface area contributed by atoms with Gasteiger partial charge in [-0.15, -0.1) is 0 Å². The molecule has 2 fully saturated rings. The molecule has 2 aromatic heterocycles. The van der Waals surface area contributed by atoms with Crippen LogP contribution in [0, 0.1) is 0 Å². The predicted octanol–water partition coefficient (Wildman–Crippen LogP) is -6.51. The summed E-state index contributed by atoms with van der Waals surface area (Å²) in [5, 5.41) is 57.5. The minimum atomic E-state index is -1.30. The number of aromatic nitrogens is 4. The highest BCUT2D eigenvalue weighted by Gasteiger charge is 2.50. The largest absolute Gasteiger partial charge is 0.394 e. The molecule has 20 nitrogen and oxygen atoms in total. The van der Waals surface area contributed by atoms with Crippen molar-refractivity contribution in [2.75, 3.05) is 18.9 Å². The number of imidazole rings is 1. The number of nitrogen functional groups attached to an aromatic ring is 1. The number of aliphatic hydroxyl groups excluding tert-OH is 6. The Morgan fingerprint density at radius 3 is 2.30 bits per heavy atom. The van der Waals surface area contributed by atoms with Crippen molar-refractivity contribution in [1.82, 2.24) is 19.5 Å². The Labute approximate surface area is 221 Å². The van der Waals surface area contributed by atoms with Crippen LogP contribution < -0.4 is 17.0 Å². The molecule has 6 heterocycles. The quantitative estimate of drug-likeness (QED) is 0.156. The predicted molar refractivity (Wildman–Crippen MR) is 131 cm³/mol. The SMILES string of the molecule is NC1=NC(=O)C2=NC=[N+]([C@@H]3O[C@H](CO)[C@@H](O)[C@H]3O)C2=N1.Nc1nc2c(ncn2[C@@H]2O[C@H](CO)[C@@H](O)[C@H]2O)c(=O)[nH]1. The summed E-state index contributed by atoms with van der Waals surface area (Å²) in [5.41, 5.74) is 10.5. The highest BCUT2D eigenvalue weighted by atomic mass is 16.6. The lowest BCUT2D eigenvalue weighted by molar-refractivity contribution is -0.517. The topological polar surface area (TPSA) is 313 Å². The molecule has 0 radical (unpaired) electrons. The number of ether oxygens (including phenoxy) is 2. The van der Waals surface area contributed by atoms with Gasteiger partial charge in [-0.1, -0.05) is 9.98 Å². The Kier molecular flexibility index (Phi) is 7.24. The smallest absolute Gasteiger partial charge is 0.324 e. The number of aliphatic imine (C=N–C) groups is 3. The molecule has 0 aromatic carbocycles. The van der Waals surface area contributed by atoms with Crippen LogP contribution in [0.1, 0.15) is 6.23 Å². The Morgan fingerprint density at radius 1 is 0.975 bits per heavy atom. The third-order valence-corrected chi connectivity index (χ3v) is 6.44. The molecule has 1 amide bonds. The van der Waals surface area contributed by atoms with Gasteiger partial charge in [0.2, 0.25) is 18.5 Å². The van der Waals surface area contributed by atoms with E-state index in [1.165, 1.54) is 21.8 Å². The lowest BCUT2D eigenvalue weighted by atomic mass is 10.1. The molecule has 2 aromatic rings. The molecular weight excluding hydrogens is 540 g/mol. The second kappa shape index (κ2) is 10.5. The van der Waals surface area contributed by atoms with Crippen LogP contribution in [0.4, 0.5) is 5.95 Å². The minimum absolute atomic E-state index is 0.0167. The second-order valence-corrected chi connectivity index (χ2v) is 8.94. The standard InChI is InChI=1S/C10H13N5O5.C10H11N5O5/c2*11-10-13-7-4(8(19)14-10)12-2-15(7)9-6(18)5(17)3(1-16)20-9/h2-3,5-6,9,16-18H,1H2,(H3,11,13,14,19);2-3,5-6,9,16-18H,1H2,(H-,11,14,19)/p+1/t2*3-,5-,6-,9-/m11/s1. The fourth-order valence-corrected chi connectivity index (χ4v) is 4.44. The van der Waals surface area contributed by atoms with Crippen molar-refractivity contribution in [3.8, 4) is 0 Å². The molecule has 0 saturated carbocycles. The van der Waals surface area contributed by atoms with Crippen molar-refractivity contribution < 1.29 is 49.5 Å². The molecule has 0 unspecified atom stereocenters. The molecule has 214 valence electrons. The van der Waals surface area contributed by atoms with Gasteiger partial charge in [0.15, 0.2) is 17.4 Å². The van der Waals surface area contributed by atoms with Crippen LogP contribution in [-0.4, -0.2) is 141 Å². The normalized spacial score (nSPS) is 33.2. The number of carbonyl (C=O) groups excluding carboxylic acids is 1. The summed E-state index contributed by atoms with van der Waals surface area (Å²) in [6.07, 6.45) is -6.49. The minimum Gasteiger partial charge on any atom is -0.394 e. The molecule has 0 spiro atoms. The van der Waals surface area contributed by atoms with Crippen molar-refractivity contribution in [3.63, 3.8) is 0 Å². The molecule has 4 aliphatic heterocycles. The molecule has 11 N–H and O–H groups in total. The molecule has 2 saturated heterocycles. The number of fused-ring (bicyclic) bond motifs is 2. The van der Waals surface area contributed by atoms with Crippen LogP contribution in [0.15, 0.2) is 26.1 Å². The number of aliphatic hydroxyl groups is 6. The van der Waals surface area contributed by atoms with Crippen molar-refractivity contribution >= 4 is 46.9 Å². The number of hydrogen-bond acceptors (Lipinski definition) is 16. The van der Waals surface area contributed by atoms with Gasteiger partial charge in [-0.25, -0.2) is 4.98 Å². The van der Waals surface area contributed by atoms with Crippen LogP contribution in [0.3, 0.4) is 0 Å². The van der Waals surface area contributed by atoms with Crippen molar-refractivity contribution in [1.29, 1.82) is 0 Å². The number of H-pyrrole nitrogens is 1. The maximum absolute atomic E-state index is 11.7. The number of guanidine groups is 1. The van der Waals surface area contributed by atoms with E-state index in [9.17, 15) is 30.0 Å². The fourth-order valence-electron chi connectivity index (χ4n) is 4.44. The zero-order valence-electron chi connectivity index (χ0n) is 20.3. The average molecular weight is 565 g/mol. The molecule has 4 aliphatic rings. The summed E-state index contributed by atoms with van der Waals surface area (Å²) in [7, 11) is 0. The van der Waals surface area contributed by atoms with Gasteiger partial charge < -0.3 is 51.6 Å². The Balaban J connectivity index is 0.000000161. The summed E-state index contributed by atoms with van der Waals surface area (Å²) in [4.78, 5) is 44.5. The first-order valence-corrected chi connectivity index (χ1v) is 11.7. The molecule has 0 bridgehead atoms. The summed E-state index contributed by atoms with van der Waals surface area (Å²) < 4.78 is 13.3. The fraction of sp³-hybridized carbons (Fsp3) is 0.500. The van der Waals surface area contributed by atoms with Crippen LogP contribution in [-0.2, 0) is 14.3 Å². The van der Waals surface area contributed by atoms with Crippen LogP contribution in [0.5, 0.6) is 0 Å². The van der Waals surface area contributed by atoms with Gasteiger partial charge in [0.05, 0.1) is 19.5 Å². The van der Waals surface area contributed by atoms with Gasteiger partial charge in [0.1, 0.15) is 36.6 Å². The monoisotopic (exact) mass is 565 g/mol. The van der Waals surface area contributed by atoms with Gasteiger partial charge in [-0.2, -0.15) is 14.6 Å². The van der Waals surface area contributed by atoms with Crippen molar-refractivity contribution in [2.45, 2.75) is 49.1 Å². The third kappa shape index (κ3) is 4.56. The van der Waals surface area contributed by atoms with Gasteiger partial charge in [0, 0.05) is 0 Å². The highest BCUT2D eigenvalue weighted by Crippen LogP contribution is 2.30. The van der Waals surface area contributed by atoms with E-state index < -0.39 is 73.8 Å². The second-order valence-electron chi connectivity index (χ2n) is 8.94. The molecule has 20 heteroatoms. The summed E-state index contributed by atoms with van der Waals surface area (Å²) in [6, 6.07) is 0. The first-order chi connectivity index (χ1) is 19.0. The number of anilines is 1. The first-order valence-electron chi connectivity index (χ1n) is 11.7. The number of nitrogens with zero attached hydrogens (tertiary/aromatic N) is 7. The lowest BCUT2D eigenvalue weighted by Gasteiger charge is -2.16. The Morgan fingerprint density at radius 2 is 1.65 bits per heavy atom. The molecule has 6 rings (SSSR count). The number of aromatic amines is 1. The van der Waals surface area contributed by atoms with Gasteiger partial charge >= 0.3 is 17.7 Å². The molecule has 40 heavy (non-hydrogen) atoms. The van der Waals surface area contributed by atoms with Gasteiger partial charge in [0.25, 0.3) is 11.3 Å². The van der Waals surface area contributed by atoms with Gasteiger partial charge in [-0.05, 0) is 0 Å². The summed E-state index contributed by atoms with van der Waals surface area (Å²) in [6.45, 7) is -0.900. The number of hydrogen-bond donors (Lipinski definition) is 9. The van der Waals surface area contributed by atoms with E-state index in [1.807, 2.05) is 0 Å². The number of nitrogens with one attached hydrogen (secondary N) is 1. The summed E-state index contributed by atoms with van der Waals surface area (Å²) >= 11 is 0. The highest BCUT2D eigenvalue weighted by molar-refractivity contribution is 6.68. The van der Waals surface area contributed by atoms with E-state index in [0.717, 1.165) is 0 Å². The van der Waals surface area contributed by atoms with Crippen LogP contribution in [0.25, 0.3) is 11.2 Å². The first kappa shape index (κ1) is 27.5. The van der Waals surface area contributed by atoms with Crippen molar-refractivity contribution in [3.05, 3.63) is 16.7 Å². The van der Waals surface area contributed by atoms with Crippen molar-refractivity contribution in [2.24, 2.45) is 20.7 Å². The maximum atomic E-state index is 11.7. The van der Waals surface area contributed by atoms with E-state index >= 15 is 0 Å². The Bertz CT molecular complexity index is 1510. The third-order valence-electron chi connectivity index (χ3n) is 6.44. The number of amides is 1. The summed E-state index contributed by atoms with van der Waals surface area (Å²) in [5.74, 6) is -0.873. The lowest BCUT2D eigenvalue weighted by Crippen LogP contribution is -2.45. The van der Waals surface area contributed by atoms with Crippen LogP contribution >= 0.6 is 0 Å². The van der Waals surface area contributed by atoms with E-state index in [2.05, 4.69) is 29.9 Å². The molecule has 8 atom stereocenters. The molecule has 0 aliphatic carbocycles. The van der Waals surface area contributed by atoms with E-state index in [1.54, 1.807) is 0 Å².